The van der Waals surface area contributed by atoms with Gasteiger partial charge in [-0.2, -0.15) is 0 Å². The molecular formula is C12H13ClN2O. The van der Waals surface area contributed by atoms with Crippen molar-refractivity contribution >= 4 is 11.6 Å². The highest BCUT2D eigenvalue weighted by atomic mass is 35.5. The first-order valence-corrected chi connectivity index (χ1v) is 5.51. The van der Waals surface area contributed by atoms with Crippen molar-refractivity contribution in [3.05, 3.63) is 40.9 Å². The van der Waals surface area contributed by atoms with E-state index in [1.165, 1.54) is 0 Å². The average Bonchev–Trinajstić information content (AvgIpc) is 2.60. The van der Waals surface area contributed by atoms with Crippen molar-refractivity contribution < 1.29 is 4.42 Å². The summed E-state index contributed by atoms with van der Waals surface area (Å²) in [5.41, 5.74) is 7.27. The summed E-state index contributed by atoms with van der Waals surface area (Å²) >= 11 is 5.93. The van der Waals surface area contributed by atoms with Crippen molar-refractivity contribution in [2.45, 2.75) is 13.3 Å². The maximum Gasteiger partial charge on any atom is 0.196 e. The number of nitrogens with zero attached hydrogens (tertiary/aromatic N) is 1. The Hall–Kier alpha value is -1.32. The van der Waals surface area contributed by atoms with Gasteiger partial charge in [0.25, 0.3) is 0 Å². The van der Waals surface area contributed by atoms with Crippen LogP contribution in [0.3, 0.4) is 0 Å². The van der Waals surface area contributed by atoms with E-state index in [-0.39, 0.29) is 0 Å². The molecule has 0 atom stereocenters. The Labute approximate surface area is 99.2 Å². The van der Waals surface area contributed by atoms with Gasteiger partial charge in [0, 0.05) is 23.6 Å². The van der Waals surface area contributed by atoms with Crippen LogP contribution in [0.2, 0.25) is 5.02 Å². The van der Waals surface area contributed by atoms with Gasteiger partial charge in [-0.15, -0.1) is 0 Å². The quantitative estimate of drug-likeness (QED) is 0.892. The van der Waals surface area contributed by atoms with Gasteiger partial charge in [0.1, 0.15) is 0 Å². The number of nitrogens with two attached hydrogens (primary N) is 1. The third kappa shape index (κ3) is 2.26. The van der Waals surface area contributed by atoms with Gasteiger partial charge in [0.2, 0.25) is 0 Å². The molecular weight excluding hydrogens is 224 g/mol. The van der Waals surface area contributed by atoms with Crippen molar-refractivity contribution in [1.29, 1.82) is 0 Å². The third-order valence-corrected chi connectivity index (χ3v) is 2.52. The van der Waals surface area contributed by atoms with E-state index in [2.05, 4.69) is 4.98 Å². The molecule has 0 amide bonds. The Morgan fingerprint density at radius 2 is 2.25 bits per heavy atom. The Kier molecular flexibility index (Phi) is 3.27. The molecule has 0 unspecified atom stereocenters. The zero-order valence-corrected chi connectivity index (χ0v) is 9.79. The standard InChI is InChI=1S/C12H13ClN2O/c1-8-12(16-11(15-8)5-6-14)9-3-2-4-10(13)7-9/h2-4,7H,5-6,14H2,1H3. The molecule has 1 heterocycles. The predicted molar refractivity (Wildman–Crippen MR) is 64.4 cm³/mol. The molecule has 0 spiro atoms. The number of aryl methyl sites for hydroxylation is 1. The van der Waals surface area contributed by atoms with E-state index in [1.54, 1.807) is 0 Å². The molecule has 2 rings (SSSR count). The molecule has 3 nitrogen and oxygen atoms in total. The molecule has 0 radical (unpaired) electrons. The molecule has 0 saturated carbocycles. The molecule has 0 aliphatic carbocycles. The highest BCUT2D eigenvalue weighted by Gasteiger charge is 2.11. The highest BCUT2D eigenvalue weighted by Crippen LogP contribution is 2.26. The second-order valence-electron chi connectivity index (χ2n) is 3.57. The fourth-order valence-electron chi connectivity index (χ4n) is 1.58. The average molecular weight is 237 g/mol. The number of hydrogen-bond acceptors (Lipinski definition) is 3. The van der Waals surface area contributed by atoms with Gasteiger partial charge >= 0.3 is 0 Å². The van der Waals surface area contributed by atoms with Crippen LogP contribution >= 0.6 is 11.6 Å². The maximum atomic E-state index is 5.93. The zero-order valence-electron chi connectivity index (χ0n) is 9.03. The van der Waals surface area contributed by atoms with Crippen LogP contribution in [-0.4, -0.2) is 11.5 Å². The van der Waals surface area contributed by atoms with E-state index in [0.29, 0.717) is 23.9 Å². The smallest absolute Gasteiger partial charge is 0.196 e. The monoisotopic (exact) mass is 236 g/mol. The number of rotatable bonds is 3. The van der Waals surface area contributed by atoms with Gasteiger partial charge in [-0.25, -0.2) is 4.98 Å². The molecule has 2 aromatic rings. The van der Waals surface area contributed by atoms with Crippen molar-refractivity contribution in [2.24, 2.45) is 5.73 Å². The first-order chi connectivity index (χ1) is 7.70. The van der Waals surface area contributed by atoms with Crippen LogP contribution in [0, 0.1) is 6.92 Å². The normalized spacial score (nSPS) is 10.7. The van der Waals surface area contributed by atoms with Gasteiger partial charge in [-0.05, 0) is 19.1 Å². The molecule has 2 N–H and O–H groups in total. The Balaban J connectivity index is 2.40. The summed E-state index contributed by atoms with van der Waals surface area (Å²) in [6, 6.07) is 7.53. The third-order valence-electron chi connectivity index (χ3n) is 2.29. The Morgan fingerprint density at radius 1 is 1.44 bits per heavy atom. The first kappa shape index (κ1) is 11.2. The van der Waals surface area contributed by atoms with E-state index in [1.807, 2.05) is 31.2 Å². The second kappa shape index (κ2) is 4.68. The number of benzene rings is 1. The lowest BCUT2D eigenvalue weighted by Gasteiger charge is -1.98. The van der Waals surface area contributed by atoms with Crippen molar-refractivity contribution in [3.63, 3.8) is 0 Å². The van der Waals surface area contributed by atoms with Gasteiger partial charge < -0.3 is 10.2 Å². The molecule has 4 heteroatoms. The van der Waals surface area contributed by atoms with Gasteiger partial charge in [0.15, 0.2) is 11.7 Å². The van der Waals surface area contributed by atoms with E-state index in [4.69, 9.17) is 21.8 Å². The van der Waals surface area contributed by atoms with Crippen LogP contribution in [0.25, 0.3) is 11.3 Å². The fraction of sp³-hybridized carbons (Fsp3) is 0.250. The number of halogens is 1. The number of hydrogen-bond donors (Lipinski definition) is 1. The Bertz CT molecular complexity index is 494. The Morgan fingerprint density at radius 3 is 2.94 bits per heavy atom. The van der Waals surface area contributed by atoms with Crippen molar-refractivity contribution in [2.75, 3.05) is 6.54 Å². The molecule has 84 valence electrons. The number of oxazole rings is 1. The molecule has 1 aromatic carbocycles. The number of aromatic nitrogens is 1. The van der Waals surface area contributed by atoms with E-state index >= 15 is 0 Å². The van der Waals surface area contributed by atoms with Gasteiger partial charge in [-0.3, -0.25) is 0 Å². The maximum absolute atomic E-state index is 5.93. The van der Waals surface area contributed by atoms with Gasteiger partial charge in [-0.1, -0.05) is 23.7 Å². The molecule has 0 saturated heterocycles. The first-order valence-electron chi connectivity index (χ1n) is 5.13. The molecule has 16 heavy (non-hydrogen) atoms. The second-order valence-corrected chi connectivity index (χ2v) is 4.01. The molecule has 0 bridgehead atoms. The van der Waals surface area contributed by atoms with Crippen LogP contribution in [0.4, 0.5) is 0 Å². The molecule has 0 fully saturated rings. The molecule has 0 aliphatic rings. The lowest BCUT2D eigenvalue weighted by atomic mass is 10.1. The van der Waals surface area contributed by atoms with Crippen molar-refractivity contribution in [1.82, 2.24) is 4.98 Å². The minimum Gasteiger partial charge on any atom is -0.440 e. The minimum atomic E-state index is 0.537. The van der Waals surface area contributed by atoms with Crippen molar-refractivity contribution in [3.8, 4) is 11.3 Å². The van der Waals surface area contributed by atoms with Crippen LogP contribution < -0.4 is 5.73 Å². The van der Waals surface area contributed by atoms with Gasteiger partial charge in [0.05, 0.1) is 5.69 Å². The summed E-state index contributed by atoms with van der Waals surface area (Å²) in [5.74, 6) is 1.45. The summed E-state index contributed by atoms with van der Waals surface area (Å²) in [4.78, 5) is 4.32. The predicted octanol–water partition coefficient (Wildman–Crippen LogP) is 2.80. The topological polar surface area (TPSA) is 52.0 Å². The fourth-order valence-corrected chi connectivity index (χ4v) is 1.77. The summed E-state index contributed by atoms with van der Waals surface area (Å²) in [6.45, 7) is 2.45. The largest absolute Gasteiger partial charge is 0.440 e. The lowest BCUT2D eigenvalue weighted by molar-refractivity contribution is 0.508. The molecule has 0 aliphatic heterocycles. The van der Waals surface area contributed by atoms with Crippen LogP contribution in [-0.2, 0) is 6.42 Å². The minimum absolute atomic E-state index is 0.537. The van der Waals surface area contributed by atoms with Crippen LogP contribution in [0.15, 0.2) is 28.7 Å². The summed E-state index contributed by atoms with van der Waals surface area (Å²) in [6.07, 6.45) is 0.654. The van der Waals surface area contributed by atoms with E-state index in [0.717, 1.165) is 17.0 Å². The zero-order chi connectivity index (χ0) is 11.5. The summed E-state index contributed by atoms with van der Waals surface area (Å²) in [7, 11) is 0. The summed E-state index contributed by atoms with van der Waals surface area (Å²) in [5, 5.41) is 0.689. The SMILES string of the molecule is Cc1nc(CCN)oc1-c1cccc(Cl)c1. The van der Waals surface area contributed by atoms with E-state index in [9.17, 15) is 0 Å². The molecule has 1 aromatic heterocycles. The van der Waals surface area contributed by atoms with E-state index < -0.39 is 0 Å². The van der Waals surface area contributed by atoms with Crippen LogP contribution in [0.1, 0.15) is 11.6 Å². The lowest BCUT2D eigenvalue weighted by Crippen LogP contribution is -2.02. The van der Waals surface area contributed by atoms with Crippen LogP contribution in [0.5, 0.6) is 0 Å². The highest BCUT2D eigenvalue weighted by molar-refractivity contribution is 6.30. The summed E-state index contributed by atoms with van der Waals surface area (Å²) < 4.78 is 5.65.